The predicted octanol–water partition coefficient (Wildman–Crippen LogP) is 1.41. The topological polar surface area (TPSA) is 86.6 Å². The van der Waals surface area contributed by atoms with Crippen LogP contribution in [0.4, 0.5) is 8.78 Å². The molecule has 3 N–H and O–H groups in total. The van der Waals surface area contributed by atoms with Crippen molar-refractivity contribution in [2.24, 2.45) is 5.92 Å². The standard InChI is InChI=1S/C13H15F2NO4/c1-6(2)11(5-17)16-12(18)7-3-9(14)10(15)4-8(7)13(19)20/h3-4,6,11,17H,5H2,1-2H3,(H,16,18)(H,19,20)/t11-/m1/s1. The Kier molecular flexibility index (Phi) is 5.15. The van der Waals surface area contributed by atoms with Crippen LogP contribution in [-0.4, -0.2) is 34.7 Å². The molecule has 110 valence electrons. The molecule has 1 amide bonds. The van der Waals surface area contributed by atoms with Gasteiger partial charge in [-0.15, -0.1) is 0 Å². The molecule has 1 aromatic rings. The third kappa shape index (κ3) is 3.51. The van der Waals surface area contributed by atoms with E-state index in [9.17, 15) is 18.4 Å². The number of aromatic carboxylic acids is 1. The van der Waals surface area contributed by atoms with E-state index in [1.54, 1.807) is 13.8 Å². The highest BCUT2D eigenvalue weighted by atomic mass is 19.2. The molecule has 0 aliphatic heterocycles. The van der Waals surface area contributed by atoms with Crippen LogP contribution < -0.4 is 5.32 Å². The zero-order valence-electron chi connectivity index (χ0n) is 11.0. The number of aliphatic hydroxyl groups excluding tert-OH is 1. The van der Waals surface area contributed by atoms with Gasteiger partial charge in [0, 0.05) is 0 Å². The van der Waals surface area contributed by atoms with Gasteiger partial charge in [-0.25, -0.2) is 13.6 Å². The molecule has 0 unspecified atom stereocenters. The van der Waals surface area contributed by atoms with Crippen molar-refractivity contribution in [2.45, 2.75) is 19.9 Å². The van der Waals surface area contributed by atoms with E-state index in [1.165, 1.54) is 0 Å². The molecule has 0 fully saturated rings. The van der Waals surface area contributed by atoms with E-state index >= 15 is 0 Å². The number of carboxylic acids is 1. The molecule has 0 spiro atoms. The van der Waals surface area contributed by atoms with Crippen molar-refractivity contribution in [1.82, 2.24) is 5.32 Å². The molecule has 0 aromatic heterocycles. The zero-order valence-corrected chi connectivity index (χ0v) is 11.0. The molecular weight excluding hydrogens is 272 g/mol. The molecule has 5 nitrogen and oxygen atoms in total. The molecule has 0 saturated heterocycles. The normalized spacial score (nSPS) is 12.3. The van der Waals surface area contributed by atoms with Crippen LogP contribution in [0.5, 0.6) is 0 Å². The molecule has 7 heteroatoms. The first-order chi connectivity index (χ1) is 9.27. The van der Waals surface area contributed by atoms with Crippen LogP contribution in [0.1, 0.15) is 34.6 Å². The number of aliphatic hydroxyl groups is 1. The molecule has 0 bridgehead atoms. The summed E-state index contributed by atoms with van der Waals surface area (Å²) in [6, 6.07) is 0.371. The summed E-state index contributed by atoms with van der Waals surface area (Å²) < 4.78 is 26.2. The summed E-state index contributed by atoms with van der Waals surface area (Å²) in [5.74, 6) is -5.19. The van der Waals surface area contributed by atoms with E-state index in [4.69, 9.17) is 10.2 Å². The minimum Gasteiger partial charge on any atom is -0.478 e. The van der Waals surface area contributed by atoms with Gasteiger partial charge in [0.25, 0.3) is 5.91 Å². The summed E-state index contributed by atoms with van der Waals surface area (Å²) in [5.41, 5.74) is -1.13. The maximum atomic E-state index is 13.2. The molecule has 0 radical (unpaired) electrons. The maximum Gasteiger partial charge on any atom is 0.336 e. The van der Waals surface area contributed by atoms with E-state index < -0.39 is 40.7 Å². The van der Waals surface area contributed by atoms with E-state index in [0.29, 0.717) is 12.1 Å². The molecule has 1 atom stereocenters. The number of rotatable bonds is 5. The van der Waals surface area contributed by atoms with Crippen molar-refractivity contribution >= 4 is 11.9 Å². The van der Waals surface area contributed by atoms with Crippen LogP contribution in [0, 0.1) is 17.6 Å². The third-order valence-corrected chi connectivity index (χ3v) is 2.85. The molecular formula is C13H15F2NO4. The quantitative estimate of drug-likeness (QED) is 0.764. The van der Waals surface area contributed by atoms with Gasteiger partial charge in [0.1, 0.15) is 0 Å². The molecule has 20 heavy (non-hydrogen) atoms. The van der Waals surface area contributed by atoms with Crippen LogP contribution in [0.25, 0.3) is 0 Å². The highest BCUT2D eigenvalue weighted by Gasteiger charge is 2.23. The molecule has 0 saturated carbocycles. The third-order valence-electron chi connectivity index (χ3n) is 2.85. The van der Waals surface area contributed by atoms with Gasteiger partial charge in [0.15, 0.2) is 11.6 Å². The Morgan fingerprint density at radius 2 is 1.70 bits per heavy atom. The molecule has 0 aliphatic rings. The number of hydrogen-bond acceptors (Lipinski definition) is 3. The van der Waals surface area contributed by atoms with E-state index in [-0.39, 0.29) is 12.5 Å². The van der Waals surface area contributed by atoms with Crippen molar-refractivity contribution in [3.8, 4) is 0 Å². The number of nitrogens with one attached hydrogen (secondary N) is 1. The number of amides is 1. The highest BCUT2D eigenvalue weighted by molar-refractivity contribution is 6.04. The number of benzene rings is 1. The lowest BCUT2D eigenvalue weighted by molar-refractivity contribution is 0.0688. The lowest BCUT2D eigenvalue weighted by atomic mass is 10.0. The average molecular weight is 287 g/mol. The number of carbonyl (C=O) groups excluding carboxylic acids is 1. The van der Waals surface area contributed by atoms with E-state index in [0.717, 1.165) is 0 Å². The fourth-order valence-corrected chi connectivity index (χ4v) is 1.58. The second kappa shape index (κ2) is 6.42. The Labute approximate surface area is 114 Å². The zero-order chi connectivity index (χ0) is 15.4. The minimum atomic E-state index is -1.54. The smallest absolute Gasteiger partial charge is 0.336 e. The predicted molar refractivity (Wildman–Crippen MR) is 66.5 cm³/mol. The van der Waals surface area contributed by atoms with Crippen molar-refractivity contribution in [3.63, 3.8) is 0 Å². The van der Waals surface area contributed by atoms with Gasteiger partial charge in [-0.1, -0.05) is 13.8 Å². The Morgan fingerprint density at radius 1 is 1.20 bits per heavy atom. The fraction of sp³-hybridized carbons (Fsp3) is 0.385. The van der Waals surface area contributed by atoms with Crippen molar-refractivity contribution < 1.29 is 28.6 Å². The van der Waals surface area contributed by atoms with Crippen LogP contribution in [-0.2, 0) is 0 Å². The first-order valence-corrected chi connectivity index (χ1v) is 5.92. The van der Waals surface area contributed by atoms with E-state index in [2.05, 4.69) is 5.32 Å². The van der Waals surface area contributed by atoms with Gasteiger partial charge < -0.3 is 15.5 Å². The van der Waals surface area contributed by atoms with Crippen molar-refractivity contribution in [1.29, 1.82) is 0 Å². The fourth-order valence-electron chi connectivity index (χ4n) is 1.58. The van der Waals surface area contributed by atoms with Gasteiger partial charge in [-0.2, -0.15) is 0 Å². The number of hydrogen-bond donors (Lipinski definition) is 3. The summed E-state index contributed by atoms with van der Waals surface area (Å²) in [4.78, 5) is 22.9. The van der Waals surface area contributed by atoms with Gasteiger partial charge >= 0.3 is 5.97 Å². The largest absolute Gasteiger partial charge is 0.478 e. The molecule has 1 aromatic carbocycles. The second-order valence-corrected chi connectivity index (χ2v) is 4.62. The van der Waals surface area contributed by atoms with E-state index in [1.807, 2.05) is 0 Å². The Morgan fingerprint density at radius 3 is 2.10 bits per heavy atom. The van der Waals surface area contributed by atoms with Crippen molar-refractivity contribution in [2.75, 3.05) is 6.61 Å². The Hall–Kier alpha value is -2.02. The summed E-state index contributed by atoms with van der Waals surface area (Å²) in [5, 5.41) is 20.4. The van der Waals surface area contributed by atoms with Crippen LogP contribution in [0.2, 0.25) is 0 Å². The Balaban J connectivity index is 3.15. The van der Waals surface area contributed by atoms with Crippen LogP contribution >= 0.6 is 0 Å². The molecule has 0 aliphatic carbocycles. The molecule has 1 rings (SSSR count). The highest BCUT2D eigenvalue weighted by Crippen LogP contribution is 2.16. The summed E-state index contributed by atoms with van der Waals surface area (Å²) >= 11 is 0. The Bertz CT molecular complexity index is 531. The lowest BCUT2D eigenvalue weighted by Gasteiger charge is -2.20. The number of carboxylic acid groups (broad SMARTS) is 1. The summed E-state index contributed by atoms with van der Waals surface area (Å²) in [6.07, 6.45) is 0. The second-order valence-electron chi connectivity index (χ2n) is 4.62. The maximum absolute atomic E-state index is 13.2. The number of halogens is 2. The summed E-state index contributed by atoms with van der Waals surface area (Å²) in [7, 11) is 0. The lowest BCUT2D eigenvalue weighted by Crippen LogP contribution is -2.41. The average Bonchev–Trinajstić information content (AvgIpc) is 2.37. The van der Waals surface area contributed by atoms with Gasteiger partial charge in [0.05, 0.1) is 23.8 Å². The van der Waals surface area contributed by atoms with Gasteiger partial charge in [0.2, 0.25) is 0 Å². The molecule has 0 heterocycles. The SMILES string of the molecule is CC(C)[C@@H](CO)NC(=O)c1cc(F)c(F)cc1C(=O)O. The summed E-state index contributed by atoms with van der Waals surface area (Å²) in [6.45, 7) is 3.13. The van der Waals surface area contributed by atoms with Crippen LogP contribution in [0.3, 0.4) is 0 Å². The van der Waals surface area contributed by atoms with Crippen molar-refractivity contribution in [3.05, 3.63) is 34.9 Å². The first-order valence-electron chi connectivity index (χ1n) is 5.92. The first kappa shape index (κ1) is 16.0. The minimum absolute atomic E-state index is 0.109. The van der Waals surface area contributed by atoms with Gasteiger partial charge in [-0.3, -0.25) is 4.79 Å². The van der Waals surface area contributed by atoms with Gasteiger partial charge in [-0.05, 0) is 18.1 Å². The van der Waals surface area contributed by atoms with Crippen LogP contribution in [0.15, 0.2) is 12.1 Å². The monoisotopic (exact) mass is 287 g/mol. The number of carbonyl (C=O) groups is 2.